The van der Waals surface area contributed by atoms with Crippen LogP contribution < -0.4 is 5.73 Å². The van der Waals surface area contributed by atoms with Gasteiger partial charge in [-0.15, -0.1) is 12.4 Å². The highest BCUT2D eigenvalue weighted by molar-refractivity contribution is 6.33. The maximum absolute atomic E-state index is 11.1. The van der Waals surface area contributed by atoms with Gasteiger partial charge in [-0.2, -0.15) is 0 Å². The lowest BCUT2D eigenvalue weighted by molar-refractivity contribution is -0.142. The van der Waals surface area contributed by atoms with Crippen molar-refractivity contribution in [2.24, 2.45) is 5.73 Å². The average Bonchev–Trinajstić information content (AvgIpc) is 2.19. The number of methoxy groups -OCH3 is 1. The highest BCUT2D eigenvalue weighted by Crippen LogP contribution is 2.25. The Balaban J connectivity index is 0.00000196. The Bertz CT molecular complexity index is 357. The first-order valence-electron chi connectivity index (χ1n) is 3.84. The van der Waals surface area contributed by atoms with Crippen LogP contribution in [0.2, 0.25) is 10.0 Å². The highest BCUT2D eigenvalue weighted by atomic mass is 35.5. The Morgan fingerprint density at radius 1 is 1.47 bits per heavy atom. The molecule has 6 heteroatoms. The zero-order valence-electron chi connectivity index (χ0n) is 7.87. The molecule has 0 saturated heterocycles. The third-order valence-electron chi connectivity index (χ3n) is 1.75. The largest absolute Gasteiger partial charge is 0.468 e. The molecule has 84 valence electrons. The number of ether oxygens (including phenoxy) is 1. The van der Waals surface area contributed by atoms with Gasteiger partial charge in [0.15, 0.2) is 0 Å². The summed E-state index contributed by atoms with van der Waals surface area (Å²) in [6.45, 7) is 0. The van der Waals surface area contributed by atoms with Crippen LogP contribution in [0.1, 0.15) is 11.6 Å². The van der Waals surface area contributed by atoms with Crippen LogP contribution >= 0.6 is 35.6 Å². The molecule has 0 spiro atoms. The minimum absolute atomic E-state index is 0. The SMILES string of the molecule is COC(=O)[C@@H](N)c1cc(Cl)ccc1Cl.Cl. The van der Waals surface area contributed by atoms with E-state index in [4.69, 9.17) is 28.9 Å². The van der Waals surface area contributed by atoms with E-state index < -0.39 is 12.0 Å². The van der Waals surface area contributed by atoms with Crippen molar-refractivity contribution < 1.29 is 9.53 Å². The molecule has 1 aromatic rings. The summed E-state index contributed by atoms with van der Waals surface area (Å²) in [6.07, 6.45) is 0. The van der Waals surface area contributed by atoms with Crippen molar-refractivity contribution in [1.29, 1.82) is 0 Å². The molecule has 0 aromatic heterocycles. The van der Waals surface area contributed by atoms with E-state index in [2.05, 4.69) is 4.74 Å². The topological polar surface area (TPSA) is 52.3 Å². The number of nitrogens with two attached hydrogens (primary N) is 1. The molecule has 0 radical (unpaired) electrons. The predicted molar refractivity (Wildman–Crippen MR) is 62.7 cm³/mol. The van der Waals surface area contributed by atoms with Crippen LogP contribution in [0.4, 0.5) is 0 Å². The predicted octanol–water partition coefficient (Wildman–Crippen LogP) is 2.59. The molecule has 0 aliphatic carbocycles. The fraction of sp³-hybridized carbons (Fsp3) is 0.222. The molecule has 2 N–H and O–H groups in total. The Kier molecular flexibility index (Phi) is 5.98. The van der Waals surface area contributed by atoms with Crippen molar-refractivity contribution in [3.63, 3.8) is 0 Å². The molecule has 0 aliphatic heterocycles. The molecule has 0 heterocycles. The third-order valence-corrected chi connectivity index (χ3v) is 2.33. The average molecular weight is 271 g/mol. The second-order valence-corrected chi connectivity index (χ2v) is 3.51. The fourth-order valence-corrected chi connectivity index (χ4v) is 1.42. The number of benzene rings is 1. The van der Waals surface area contributed by atoms with Gasteiger partial charge in [0.25, 0.3) is 0 Å². The van der Waals surface area contributed by atoms with E-state index in [1.54, 1.807) is 18.2 Å². The molecule has 1 aromatic carbocycles. The van der Waals surface area contributed by atoms with Gasteiger partial charge in [-0.05, 0) is 18.2 Å². The maximum Gasteiger partial charge on any atom is 0.327 e. The van der Waals surface area contributed by atoms with Crippen molar-refractivity contribution in [2.75, 3.05) is 7.11 Å². The smallest absolute Gasteiger partial charge is 0.327 e. The number of hydrogen-bond donors (Lipinski definition) is 1. The molecule has 0 saturated carbocycles. The van der Waals surface area contributed by atoms with Crippen molar-refractivity contribution in [1.82, 2.24) is 0 Å². The lowest BCUT2D eigenvalue weighted by Gasteiger charge is -2.11. The Morgan fingerprint density at radius 3 is 2.60 bits per heavy atom. The van der Waals surface area contributed by atoms with E-state index in [0.29, 0.717) is 15.6 Å². The first-order chi connectivity index (χ1) is 6.56. The van der Waals surface area contributed by atoms with Gasteiger partial charge < -0.3 is 10.5 Å². The minimum Gasteiger partial charge on any atom is -0.468 e. The fourth-order valence-electron chi connectivity index (χ4n) is 1.01. The van der Waals surface area contributed by atoms with Gasteiger partial charge in [0.1, 0.15) is 6.04 Å². The second-order valence-electron chi connectivity index (χ2n) is 2.67. The summed E-state index contributed by atoms with van der Waals surface area (Å²) in [6, 6.07) is 3.86. The van der Waals surface area contributed by atoms with Crippen LogP contribution in [-0.4, -0.2) is 13.1 Å². The highest BCUT2D eigenvalue weighted by Gasteiger charge is 2.19. The molecule has 3 nitrogen and oxygen atoms in total. The van der Waals surface area contributed by atoms with Gasteiger partial charge in [0.05, 0.1) is 7.11 Å². The van der Waals surface area contributed by atoms with Crippen molar-refractivity contribution in [2.45, 2.75) is 6.04 Å². The number of esters is 1. The monoisotopic (exact) mass is 269 g/mol. The normalized spacial score (nSPS) is 11.5. The zero-order chi connectivity index (χ0) is 10.7. The minimum atomic E-state index is -0.897. The van der Waals surface area contributed by atoms with E-state index in [0.717, 1.165) is 0 Å². The molecular weight excluding hydrogens is 260 g/mol. The van der Waals surface area contributed by atoms with Crippen LogP contribution in [0.15, 0.2) is 18.2 Å². The summed E-state index contributed by atoms with van der Waals surface area (Å²) in [5, 5.41) is 0.871. The van der Waals surface area contributed by atoms with Gasteiger partial charge in [-0.1, -0.05) is 23.2 Å². The number of halogens is 3. The van der Waals surface area contributed by atoms with Crippen molar-refractivity contribution in [3.8, 4) is 0 Å². The Labute approximate surface area is 104 Å². The van der Waals surface area contributed by atoms with E-state index >= 15 is 0 Å². The van der Waals surface area contributed by atoms with Crippen LogP contribution in [0.3, 0.4) is 0 Å². The number of rotatable bonds is 2. The quantitative estimate of drug-likeness (QED) is 0.841. The lowest BCUT2D eigenvalue weighted by atomic mass is 10.1. The van der Waals surface area contributed by atoms with Crippen LogP contribution in [0.5, 0.6) is 0 Å². The molecule has 0 unspecified atom stereocenters. The lowest BCUT2D eigenvalue weighted by Crippen LogP contribution is -2.22. The first kappa shape index (κ1) is 14.5. The molecular formula is C9H10Cl3NO2. The van der Waals surface area contributed by atoms with Gasteiger partial charge in [0.2, 0.25) is 0 Å². The first-order valence-corrected chi connectivity index (χ1v) is 4.60. The van der Waals surface area contributed by atoms with E-state index in [1.165, 1.54) is 7.11 Å². The molecule has 1 atom stereocenters. The van der Waals surface area contributed by atoms with Crippen LogP contribution in [0.25, 0.3) is 0 Å². The van der Waals surface area contributed by atoms with Crippen molar-refractivity contribution >= 4 is 41.6 Å². The summed E-state index contributed by atoms with van der Waals surface area (Å²) in [4.78, 5) is 11.1. The van der Waals surface area contributed by atoms with Gasteiger partial charge >= 0.3 is 5.97 Å². The summed E-state index contributed by atoms with van der Waals surface area (Å²) in [5.41, 5.74) is 6.07. The second kappa shape index (κ2) is 6.18. The number of hydrogen-bond acceptors (Lipinski definition) is 3. The Hall–Kier alpha value is -0.480. The van der Waals surface area contributed by atoms with E-state index in [-0.39, 0.29) is 12.4 Å². The molecule has 1 rings (SSSR count). The van der Waals surface area contributed by atoms with Gasteiger partial charge in [-0.25, -0.2) is 0 Å². The summed E-state index contributed by atoms with van der Waals surface area (Å²) >= 11 is 11.6. The van der Waals surface area contributed by atoms with E-state index in [1.807, 2.05) is 0 Å². The van der Waals surface area contributed by atoms with Crippen LogP contribution in [0, 0.1) is 0 Å². The molecule has 0 aliphatic rings. The van der Waals surface area contributed by atoms with Gasteiger partial charge in [0, 0.05) is 15.6 Å². The van der Waals surface area contributed by atoms with Gasteiger partial charge in [-0.3, -0.25) is 4.79 Å². The van der Waals surface area contributed by atoms with E-state index in [9.17, 15) is 4.79 Å². The summed E-state index contributed by atoms with van der Waals surface area (Å²) in [7, 11) is 1.26. The maximum atomic E-state index is 11.1. The van der Waals surface area contributed by atoms with Crippen LogP contribution in [-0.2, 0) is 9.53 Å². The standard InChI is InChI=1S/C9H9Cl2NO2.ClH/c1-14-9(13)8(12)6-4-5(10)2-3-7(6)11;/h2-4,8H,12H2,1H3;1H/t8-;/m0./s1. The number of carbonyl (C=O) groups is 1. The molecule has 15 heavy (non-hydrogen) atoms. The molecule has 0 amide bonds. The number of carbonyl (C=O) groups excluding carboxylic acids is 1. The molecule has 0 bridgehead atoms. The van der Waals surface area contributed by atoms with Crippen molar-refractivity contribution in [3.05, 3.63) is 33.8 Å². The zero-order valence-corrected chi connectivity index (χ0v) is 10.2. The third kappa shape index (κ3) is 3.54. The molecule has 0 fully saturated rings. The summed E-state index contributed by atoms with van der Waals surface area (Å²) < 4.78 is 4.50. The summed E-state index contributed by atoms with van der Waals surface area (Å²) in [5.74, 6) is -0.547. The Morgan fingerprint density at radius 2 is 2.07 bits per heavy atom.